The predicted octanol–water partition coefficient (Wildman–Crippen LogP) is 3.50. The maximum Gasteiger partial charge on any atom is 0.273 e. The zero-order valence-electron chi connectivity index (χ0n) is 17.6. The number of piperidine rings is 1. The second kappa shape index (κ2) is 9.13. The zero-order chi connectivity index (χ0) is 22.0. The second-order valence-corrected chi connectivity index (χ2v) is 8.97. The summed E-state index contributed by atoms with van der Waals surface area (Å²) in [4.78, 5) is 25.2. The van der Waals surface area contributed by atoms with E-state index in [1.165, 1.54) is 37.1 Å². The monoisotopic (exact) mass is 446 g/mol. The second-order valence-electron chi connectivity index (χ2n) is 8.03. The van der Waals surface area contributed by atoms with Crippen LogP contribution in [-0.2, 0) is 4.79 Å². The highest BCUT2D eigenvalue weighted by molar-refractivity contribution is 7.99. The van der Waals surface area contributed by atoms with Gasteiger partial charge in [-0.2, -0.15) is 0 Å². The Kier molecular flexibility index (Phi) is 6.30. The lowest BCUT2D eigenvalue weighted by molar-refractivity contribution is -0.384. The molecule has 0 radical (unpaired) electrons. The summed E-state index contributed by atoms with van der Waals surface area (Å²) < 4.78 is 7.36. The van der Waals surface area contributed by atoms with Gasteiger partial charge in [0.05, 0.1) is 29.5 Å². The molecule has 4 rings (SSSR count). The van der Waals surface area contributed by atoms with E-state index in [9.17, 15) is 14.9 Å². The van der Waals surface area contributed by atoms with E-state index < -0.39 is 4.92 Å². The Labute approximate surface area is 184 Å². The maximum atomic E-state index is 12.5. The number of nitro benzene ring substituents is 1. The molecule has 31 heavy (non-hydrogen) atoms. The molecule has 2 aromatic rings. The highest BCUT2D eigenvalue weighted by Gasteiger charge is 2.32. The molecular weight excluding hydrogens is 420 g/mol. The van der Waals surface area contributed by atoms with E-state index in [1.807, 2.05) is 0 Å². The summed E-state index contributed by atoms with van der Waals surface area (Å²) in [6.07, 6.45) is 4.52. The van der Waals surface area contributed by atoms with Crippen LogP contribution in [-0.4, -0.2) is 51.5 Å². The lowest BCUT2D eigenvalue weighted by Gasteiger charge is -2.31. The number of methoxy groups -OCH3 is 1. The average Bonchev–Trinajstić information content (AvgIpc) is 3.52. The normalized spacial score (nSPS) is 16.9. The van der Waals surface area contributed by atoms with Gasteiger partial charge in [0.15, 0.2) is 5.16 Å². The fourth-order valence-corrected chi connectivity index (χ4v) is 4.46. The summed E-state index contributed by atoms with van der Waals surface area (Å²) in [5, 5.41) is 23.3. The van der Waals surface area contributed by atoms with Crippen molar-refractivity contribution in [3.63, 3.8) is 0 Å². The summed E-state index contributed by atoms with van der Waals surface area (Å²) >= 11 is 1.35. The third-order valence-corrected chi connectivity index (χ3v) is 6.57. The number of amides is 1. The van der Waals surface area contributed by atoms with Gasteiger partial charge >= 0.3 is 0 Å². The zero-order valence-corrected chi connectivity index (χ0v) is 18.4. The number of nitrogens with one attached hydrogen (secondary N) is 1. The number of thioether (sulfide) groups is 1. The van der Waals surface area contributed by atoms with Crippen LogP contribution in [0.4, 0.5) is 17.3 Å². The van der Waals surface area contributed by atoms with Gasteiger partial charge in [0.1, 0.15) is 5.75 Å². The maximum absolute atomic E-state index is 12.5. The fourth-order valence-electron chi connectivity index (χ4n) is 3.66. The molecule has 0 spiro atoms. The Morgan fingerprint density at radius 3 is 2.68 bits per heavy atom. The van der Waals surface area contributed by atoms with Crippen molar-refractivity contribution in [2.45, 2.75) is 43.8 Å². The topological polar surface area (TPSA) is 115 Å². The van der Waals surface area contributed by atoms with Crippen LogP contribution in [0.3, 0.4) is 0 Å². The number of benzene rings is 1. The van der Waals surface area contributed by atoms with Gasteiger partial charge in [0.25, 0.3) is 5.69 Å². The van der Waals surface area contributed by atoms with E-state index in [-0.39, 0.29) is 23.1 Å². The Balaban J connectivity index is 1.41. The standard InChI is InChI=1S/C20H26N6O4S/c1-13-7-9-24(10-8-13)19-22-23-20(25(19)14-3-4-14)31-12-18(27)21-16-6-5-15(26(28)29)11-17(16)30-2/h5-6,11,13-14H,3-4,7-10,12H2,1-2H3,(H,21,27). The van der Waals surface area contributed by atoms with Crippen molar-refractivity contribution in [3.05, 3.63) is 28.3 Å². The fraction of sp³-hybridized carbons (Fsp3) is 0.550. The molecular formula is C20H26N6O4S. The van der Waals surface area contributed by atoms with Crippen molar-refractivity contribution >= 4 is 35.0 Å². The minimum absolute atomic E-state index is 0.0959. The van der Waals surface area contributed by atoms with Crippen LogP contribution in [0.15, 0.2) is 23.4 Å². The number of nitro groups is 1. The van der Waals surface area contributed by atoms with Crippen molar-refractivity contribution in [1.82, 2.24) is 14.8 Å². The van der Waals surface area contributed by atoms with E-state index in [0.29, 0.717) is 11.7 Å². The van der Waals surface area contributed by atoms with Crippen molar-refractivity contribution in [1.29, 1.82) is 0 Å². The van der Waals surface area contributed by atoms with Gasteiger partial charge in [-0.1, -0.05) is 18.7 Å². The molecule has 10 nitrogen and oxygen atoms in total. The molecule has 1 aliphatic heterocycles. The molecule has 1 aromatic heterocycles. The van der Waals surface area contributed by atoms with Gasteiger partial charge < -0.3 is 15.0 Å². The molecule has 1 aliphatic carbocycles. The molecule has 166 valence electrons. The van der Waals surface area contributed by atoms with Crippen molar-refractivity contribution in [2.75, 3.05) is 36.2 Å². The number of nitrogens with zero attached hydrogens (tertiary/aromatic N) is 5. The Morgan fingerprint density at radius 2 is 2.03 bits per heavy atom. The molecule has 1 aromatic carbocycles. The first-order valence-electron chi connectivity index (χ1n) is 10.4. The van der Waals surface area contributed by atoms with Gasteiger partial charge in [0.2, 0.25) is 11.9 Å². The highest BCUT2D eigenvalue weighted by Crippen LogP contribution is 2.41. The Bertz CT molecular complexity index is 969. The molecule has 1 saturated heterocycles. The number of anilines is 2. The predicted molar refractivity (Wildman–Crippen MR) is 118 cm³/mol. The summed E-state index contributed by atoms with van der Waals surface area (Å²) in [6.45, 7) is 4.25. The van der Waals surface area contributed by atoms with Crippen LogP contribution in [0, 0.1) is 16.0 Å². The van der Waals surface area contributed by atoms with E-state index in [0.717, 1.165) is 55.8 Å². The number of aromatic nitrogens is 3. The minimum atomic E-state index is -0.505. The molecule has 2 heterocycles. The van der Waals surface area contributed by atoms with Gasteiger partial charge in [0, 0.05) is 25.2 Å². The molecule has 1 saturated carbocycles. The molecule has 0 unspecified atom stereocenters. The van der Waals surface area contributed by atoms with Gasteiger partial charge in [-0.3, -0.25) is 19.5 Å². The number of rotatable bonds is 8. The summed E-state index contributed by atoms with van der Waals surface area (Å²) in [5.41, 5.74) is 0.298. The highest BCUT2D eigenvalue weighted by atomic mass is 32.2. The molecule has 1 N–H and O–H groups in total. The molecule has 11 heteroatoms. The first-order chi connectivity index (χ1) is 15.0. The van der Waals surface area contributed by atoms with Crippen molar-refractivity contribution < 1.29 is 14.5 Å². The summed E-state index contributed by atoms with van der Waals surface area (Å²) in [5.74, 6) is 1.81. The SMILES string of the molecule is COc1cc([N+](=O)[O-])ccc1NC(=O)CSc1nnc(N2CCC(C)CC2)n1C1CC1. The van der Waals surface area contributed by atoms with Crippen molar-refractivity contribution in [2.24, 2.45) is 5.92 Å². The smallest absolute Gasteiger partial charge is 0.273 e. The first-order valence-corrected chi connectivity index (χ1v) is 11.4. The molecule has 0 bridgehead atoms. The van der Waals surface area contributed by atoms with Gasteiger partial charge in [-0.15, -0.1) is 10.2 Å². The van der Waals surface area contributed by atoms with Crippen molar-refractivity contribution in [3.8, 4) is 5.75 Å². The largest absolute Gasteiger partial charge is 0.494 e. The minimum Gasteiger partial charge on any atom is -0.494 e. The molecule has 2 fully saturated rings. The van der Waals surface area contributed by atoms with E-state index >= 15 is 0 Å². The van der Waals surface area contributed by atoms with E-state index in [4.69, 9.17) is 4.74 Å². The number of carbonyl (C=O) groups is 1. The third kappa shape index (κ3) is 4.92. The quantitative estimate of drug-likeness (QED) is 0.372. The van der Waals surface area contributed by atoms with Crippen LogP contribution in [0.1, 0.15) is 38.6 Å². The number of hydrogen-bond acceptors (Lipinski definition) is 8. The summed E-state index contributed by atoms with van der Waals surface area (Å²) in [7, 11) is 1.41. The third-order valence-electron chi connectivity index (χ3n) is 5.63. The van der Waals surface area contributed by atoms with Crippen LogP contribution in [0.2, 0.25) is 0 Å². The Morgan fingerprint density at radius 1 is 1.29 bits per heavy atom. The number of ether oxygens (including phenoxy) is 1. The lowest BCUT2D eigenvalue weighted by atomic mass is 10.00. The van der Waals surface area contributed by atoms with E-state index in [1.54, 1.807) is 0 Å². The van der Waals surface area contributed by atoms with Crippen LogP contribution >= 0.6 is 11.8 Å². The number of non-ortho nitro benzene ring substituents is 1. The average molecular weight is 447 g/mol. The molecule has 2 aliphatic rings. The Hall–Kier alpha value is -2.82. The van der Waals surface area contributed by atoms with E-state index in [2.05, 4.69) is 31.9 Å². The van der Waals surface area contributed by atoms with Crippen LogP contribution in [0.25, 0.3) is 0 Å². The van der Waals surface area contributed by atoms with Gasteiger partial charge in [-0.25, -0.2) is 0 Å². The van der Waals surface area contributed by atoms with Crippen LogP contribution < -0.4 is 15.0 Å². The number of carbonyl (C=O) groups excluding carboxylic acids is 1. The van der Waals surface area contributed by atoms with Gasteiger partial charge in [-0.05, 0) is 37.7 Å². The first kappa shape index (κ1) is 21.4. The molecule has 1 amide bonds. The summed E-state index contributed by atoms with van der Waals surface area (Å²) in [6, 6.07) is 4.50. The number of hydrogen-bond donors (Lipinski definition) is 1. The molecule has 0 atom stereocenters. The lowest BCUT2D eigenvalue weighted by Crippen LogP contribution is -2.34. The van der Waals surface area contributed by atoms with Crippen LogP contribution in [0.5, 0.6) is 5.75 Å².